The van der Waals surface area contributed by atoms with Crippen LogP contribution in [0.4, 0.5) is 15.8 Å². The summed E-state index contributed by atoms with van der Waals surface area (Å²) in [5, 5.41) is 19.0. The summed E-state index contributed by atoms with van der Waals surface area (Å²) >= 11 is 0. The zero-order valence-electron chi connectivity index (χ0n) is 18.1. The number of halogens is 1. The molecule has 0 saturated heterocycles. The summed E-state index contributed by atoms with van der Waals surface area (Å²) in [6, 6.07) is 9.48. The van der Waals surface area contributed by atoms with Crippen molar-refractivity contribution < 1.29 is 27.4 Å². The number of benzene rings is 2. The van der Waals surface area contributed by atoms with Gasteiger partial charge in [0.05, 0.1) is 18.4 Å². The molecule has 0 spiro atoms. The van der Waals surface area contributed by atoms with Gasteiger partial charge in [-0.1, -0.05) is 31.4 Å². The molecule has 0 heterocycles. The molecule has 10 heteroatoms. The van der Waals surface area contributed by atoms with Crippen molar-refractivity contribution in [3.05, 3.63) is 65.6 Å². The van der Waals surface area contributed by atoms with Gasteiger partial charge >= 0.3 is 5.97 Å². The van der Waals surface area contributed by atoms with Gasteiger partial charge in [-0.15, -0.1) is 0 Å². The largest absolute Gasteiger partial charge is 0.495 e. The average molecular weight is 476 g/mol. The van der Waals surface area contributed by atoms with Gasteiger partial charge < -0.3 is 15.2 Å². The number of ether oxygens (including phenoxy) is 1. The van der Waals surface area contributed by atoms with Crippen LogP contribution in [-0.2, 0) is 10.0 Å². The Morgan fingerprint density at radius 1 is 1.18 bits per heavy atom. The van der Waals surface area contributed by atoms with Crippen LogP contribution in [0.25, 0.3) is 0 Å². The molecule has 2 aromatic rings. The van der Waals surface area contributed by atoms with Gasteiger partial charge in [0.2, 0.25) is 0 Å². The lowest BCUT2D eigenvalue weighted by Gasteiger charge is -2.22. The number of hydrogen-bond acceptors (Lipinski definition) is 6. The van der Waals surface area contributed by atoms with Gasteiger partial charge in [0, 0.05) is 18.0 Å². The molecule has 8 nitrogen and oxygen atoms in total. The summed E-state index contributed by atoms with van der Waals surface area (Å²) in [5.41, 5.74) is 1.06. The van der Waals surface area contributed by atoms with E-state index in [9.17, 15) is 17.6 Å². The van der Waals surface area contributed by atoms with Crippen molar-refractivity contribution in [2.45, 2.75) is 38.0 Å². The molecule has 0 unspecified atom stereocenters. The number of carbonyl (C=O) groups is 1. The number of carboxylic acid groups (broad SMARTS) is 1. The molecule has 1 fully saturated rings. The Balaban J connectivity index is 1.64. The van der Waals surface area contributed by atoms with E-state index in [4.69, 9.17) is 15.3 Å². The van der Waals surface area contributed by atoms with Gasteiger partial charge in [-0.3, -0.25) is 10.1 Å². The Bertz CT molecular complexity index is 1160. The summed E-state index contributed by atoms with van der Waals surface area (Å²) in [6.45, 7) is 0. The maximum absolute atomic E-state index is 14.0. The van der Waals surface area contributed by atoms with Gasteiger partial charge in [-0.05, 0) is 48.6 Å². The molecule has 0 atom stereocenters. The Hall–Kier alpha value is -3.40. The molecule has 1 saturated carbocycles. The van der Waals surface area contributed by atoms with E-state index in [1.54, 1.807) is 0 Å². The van der Waals surface area contributed by atoms with Crippen molar-refractivity contribution in [3.8, 4) is 5.75 Å². The molecule has 33 heavy (non-hydrogen) atoms. The first-order valence-corrected chi connectivity index (χ1v) is 11.9. The van der Waals surface area contributed by atoms with Gasteiger partial charge in [0.1, 0.15) is 11.6 Å². The Morgan fingerprint density at radius 3 is 2.45 bits per heavy atom. The standard InChI is InChI=1S/C23H26FN3O5S/c1-32-21-13-18(23(28)29)19(24)14-20(21)27-33(30,31)22(25)11-12-26-17-9-7-16(8-10-17)15-5-3-2-4-6-15/h7-15,25-27H,2-6H2,1H3,(H,28,29)/b12-11-,25-22?. The highest BCUT2D eigenvalue weighted by Crippen LogP contribution is 2.33. The van der Waals surface area contributed by atoms with Crippen LogP contribution in [0.15, 0.2) is 48.7 Å². The Kier molecular flexibility index (Phi) is 7.70. The van der Waals surface area contributed by atoms with Crippen LogP contribution in [0.1, 0.15) is 53.9 Å². The molecule has 3 rings (SSSR count). The highest BCUT2D eigenvalue weighted by atomic mass is 32.2. The number of carboxylic acids is 1. The fraction of sp³-hybridized carbons (Fsp3) is 0.304. The normalized spacial score (nSPS) is 14.7. The van der Waals surface area contributed by atoms with Gasteiger partial charge in [-0.25, -0.2) is 9.18 Å². The summed E-state index contributed by atoms with van der Waals surface area (Å²) < 4.78 is 45.9. The highest BCUT2D eigenvalue weighted by molar-refractivity contribution is 8.07. The predicted molar refractivity (Wildman–Crippen MR) is 125 cm³/mol. The molecule has 1 aliphatic rings. The Labute approximate surface area is 192 Å². The van der Waals surface area contributed by atoms with Crippen molar-refractivity contribution >= 4 is 32.4 Å². The van der Waals surface area contributed by atoms with Crippen LogP contribution in [0, 0.1) is 11.2 Å². The molecule has 0 amide bonds. The first-order valence-electron chi connectivity index (χ1n) is 10.5. The molecule has 0 bridgehead atoms. The van der Waals surface area contributed by atoms with Crippen LogP contribution in [-0.4, -0.2) is 31.6 Å². The van der Waals surface area contributed by atoms with E-state index in [1.807, 2.05) is 16.9 Å². The van der Waals surface area contributed by atoms with E-state index in [-0.39, 0.29) is 11.4 Å². The minimum atomic E-state index is -4.36. The van der Waals surface area contributed by atoms with E-state index in [2.05, 4.69) is 17.4 Å². The van der Waals surface area contributed by atoms with Crippen LogP contribution in [0.2, 0.25) is 0 Å². The molecular weight excluding hydrogens is 449 g/mol. The van der Waals surface area contributed by atoms with Crippen LogP contribution in [0.5, 0.6) is 5.75 Å². The topological polar surface area (TPSA) is 129 Å². The molecule has 0 aliphatic heterocycles. The van der Waals surface area contributed by atoms with Gasteiger partial charge in [0.25, 0.3) is 10.0 Å². The van der Waals surface area contributed by atoms with Crippen LogP contribution in [0.3, 0.4) is 0 Å². The maximum Gasteiger partial charge on any atom is 0.338 e. The summed E-state index contributed by atoms with van der Waals surface area (Å²) in [4.78, 5) is 11.0. The predicted octanol–water partition coefficient (Wildman–Crippen LogP) is 4.92. The molecule has 0 aromatic heterocycles. The van der Waals surface area contributed by atoms with Crippen molar-refractivity contribution in [1.82, 2.24) is 0 Å². The summed E-state index contributed by atoms with van der Waals surface area (Å²) in [6.07, 6.45) is 8.56. The van der Waals surface area contributed by atoms with Crippen molar-refractivity contribution in [1.29, 1.82) is 5.41 Å². The third kappa shape index (κ3) is 6.10. The number of methoxy groups -OCH3 is 1. The van der Waals surface area contributed by atoms with Crippen molar-refractivity contribution in [2.75, 3.05) is 17.1 Å². The zero-order chi connectivity index (χ0) is 24.0. The van der Waals surface area contributed by atoms with Crippen LogP contribution < -0.4 is 14.8 Å². The lowest BCUT2D eigenvalue weighted by molar-refractivity contribution is 0.0691. The monoisotopic (exact) mass is 475 g/mol. The molecule has 0 radical (unpaired) electrons. The summed E-state index contributed by atoms with van der Waals surface area (Å²) in [7, 11) is -3.17. The van der Waals surface area contributed by atoms with Crippen LogP contribution >= 0.6 is 0 Å². The smallest absolute Gasteiger partial charge is 0.338 e. The van der Waals surface area contributed by atoms with Crippen molar-refractivity contribution in [2.24, 2.45) is 0 Å². The third-order valence-corrected chi connectivity index (χ3v) is 6.73. The van der Waals surface area contributed by atoms with E-state index < -0.39 is 32.4 Å². The lowest BCUT2D eigenvalue weighted by atomic mass is 9.84. The molecule has 1 aliphatic carbocycles. The number of aromatic carboxylic acids is 1. The van der Waals surface area contributed by atoms with E-state index in [0.717, 1.165) is 17.8 Å². The number of nitrogens with one attached hydrogen (secondary N) is 3. The number of anilines is 2. The maximum atomic E-state index is 14.0. The minimum Gasteiger partial charge on any atom is -0.495 e. The number of hydrogen-bond donors (Lipinski definition) is 4. The Morgan fingerprint density at radius 2 is 1.85 bits per heavy atom. The molecular formula is C23H26FN3O5S. The lowest BCUT2D eigenvalue weighted by Crippen LogP contribution is -2.21. The first kappa shape index (κ1) is 24.2. The quantitative estimate of drug-likeness (QED) is 0.317. The summed E-state index contributed by atoms with van der Waals surface area (Å²) in [5.74, 6) is -2.26. The highest BCUT2D eigenvalue weighted by Gasteiger charge is 2.21. The molecule has 176 valence electrons. The second-order valence-corrected chi connectivity index (χ2v) is 9.39. The van der Waals surface area contributed by atoms with Gasteiger partial charge in [0.15, 0.2) is 5.04 Å². The van der Waals surface area contributed by atoms with Gasteiger partial charge in [-0.2, -0.15) is 8.42 Å². The van der Waals surface area contributed by atoms with E-state index in [1.165, 1.54) is 51.0 Å². The number of rotatable bonds is 8. The third-order valence-electron chi connectivity index (χ3n) is 5.53. The second kappa shape index (κ2) is 10.5. The van der Waals surface area contributed by atoms with E-state index >= 15 is 0 Å². The minimum absolute atomic E-state index is 0.190. The first-order chi connectivity index (χ1) is 15.7. The molecule has 4 N–H and O–H groups in total. The second-order valence-electron chi connectivity index (χ2n) is 7.74. The fourth-order valence-corrected chi connectivity index (χ4v) is 4.56. The van der Waals surface area contributed by atoms with E-state index in [0.29, 0.717) is 12.0 Å². The zero-order valence-corrected chi connectivity index (χ0v) is 18.9. The SMILES string of the molecule is COc1cc(C(=O)O)c(F)cc1NS(=O)(=O)C(=N)/C=C\Nc1ccc(C2CCCCC2)cc1. The number of sulfonamides is 1. The average Bonchev–Trinajstić information content (AvgIpc) is 2.79. The molecule has 2 aromatic carbocycles. The van der Waals surface area contributed by atoms with Crippen molar-refractivity contribution in [3.63, 3.8) is 0 Å². The fourth-order valence-electron chi connectivity index (χ4n) is 3.76.